The van der Waals surface area contributed by atoms with Gasteiger partial charge in [-0.3, -0.25) is 4.79 Å². The molecule has 1 heterocycles. The summed E-state index contributed by atoms with van der Waals surface area (Å²) in [5.74, 6) is 1.53. The van der Waals surface area contributed by atoms with E-state index >= 15 is 0 Å². The van der Waals surface area contributed by atoms with Crippen LogP contribution in [0.4, 0.5) is 5.69 Å². The first-order chi connectivity index (χ1) is 8.16. The van der Waals surface area contributed by atoms with Crippen LogP contribution in [0.15, 0.2) is 11.0 Å². The molecule has 5 heteroatoms. The van der Waals surface area contributed by atoms with Gasteiger partial charge >= 0.3 is 0 Å². The lowest BCUT2D eigenvalue weighted by Crippen LogP contribution is -2.27. The maximum atomic E-state index is 11.7. The number of nitrogens with one attached hydrogen (secondary N) is 1. The van der Waals surface area contributed by atoms with E-state index < -0.39 is 0 Å². The van der Waals surface area contributed by atoms with Crippen molar-refractivity contribution < 1.29 is 0 Å². The fraction of sp³-hybridized carbons (Fsp3) is 0.667. The molecule has 1 aromatic heterocycles. The van der Waals surface area contributed by atoms with E-state index in [2.05, 4.69) is 10.4 Å². The van der Waals surface area contributed by atoms with Crippen molar-refractivity contribution in [2.24, 2.45) is 18.9 Å². The van der Waals surface area contributed by atoms with Crippen LogP contribution < -0.4 is 10.9 Å². The van der Waals surface area contributed by atoms with Gasteiger partial charge in [0.25, 0.3) is 5.56 Å². The second kappa shape index (κ2) is 4.02. The summed E-state index contributed by atoms with van der Waals surface area (Å²) in [7, 11) is 1.61. The van der Waals surface area contributed by atoms with Crippen molar-refractivity contribution in [3.63, 3.8) is 0 Å². The first-order valence-electron chi connectivity index (χ1n) is 6.15. The number of aryl methyl sites for hydroxylation is 1. The first kappa shape index (κ1) is 11.1. The highest BCUT2D eigenvalue weighted by Gasteiger charge is 2.41. The average Bonchev–Trinajstić information content (AvgIpc) is 3.16. The number of aromatic nitrogens is 2. The molecule has 0 bridgehead atoms. The fourth-order valence-corrected chi connectivity index (χ4v) is 2.55. The maximum absolute atomic E-state index is 11.7. The largest absolute Gasteiger partial charge is 0.379 e. The van der Waals surface area contributed by atoms with Gasteiger partial charge in [-0.1, -0.05) is 11.6 Å². The van der Waals surface area contributed by atoms with Crippen LogP contribution in [0.5, 0.6) is 0 Å². The summed E-state index contributed by atoms with van der Waals surface area (Å²) in [4.78, 5) is 11.7. The molecule has 0 saturated heterocycles. The van der Waals surface area contributed by atoms with Crippen LogP contribution in [0.25, 0.3) is 0 Å². The van der Waals surface area contributed by atoms with Gasteiger partial charge in [-0.2, -0.15) is 5.10 Å². The average molecular weight is 254 g/mol. The molecule has 2 aliphatic carbocycles. The van der Waals surface area contributed by atoms with Crippen LogP contribution in [0, 0.1) is 11.8 Å². The van der Waals surface area contributed by atoms with Gasteiger partial charge in [0, 0.05) is 13.1 Å². The Morgan fingerprint density at radius 1 is 1.41 bits per heavy atom. The third-order valence-corrected chi connectivity index (χ3v) is 4.03. The first-order valence-corrected chi connectivity index (χ1v) is 6.53. The molecule has 0 amide bonds. The predicted molar refractivity (Wildman–Crippen MR) is 67.3 cm³/mol. The standard InChI is InChI=1S/C12H16ClN3O/c1-16-12(17)10(13)9(6-14-16)15-11(7-2-3-7)8-4-5-8/h6-8,11,15H,2-5H2,1H3. The van der Waals surface area contributed by atoms with Crippen LogP contribution in [-0.4, -0.2) is 15.8 Å². The molecule has 1 N–H and O–H groups in total. The van der Waals surface area contributed by atoms with Crippen LogP contribution in [0.3, 0.4) is 0 Å². The minimum atomic E-state index is -0.234. The van der Waals surface area contributed by atoms with Gasteiger partial charge < -0.3 is 5.32 Å². The molecule has 0 radical (unpaired) electrons. The zero-order chi connectivity index (χ0) is 12.0. The highest BCUT2D eigenvalue weighted by Crippen LogP contribution is 2.46. The number of hydrogen-bond acceptors (Lipinski definition) is 3. The van der Waals surface area contributed by atoms with Crippen LogP contribution in [0.1, 0.15) is 25.7 Å². The van der Waals surface area contributed by atoms with Crippen molar-refractivity contribution in [3.8, 4) is 0 Å². The quantitative estimate of drug-likeness (QED) is 0.893. The van der Waals surface area contributed by atoms with E-state index in [1.54, 1.807) is 13.2 Å². The molecule has 0 aromatic carbocycles. The molecule has 2 saturated carbocycles. The summed E-state index contributed by atoms with van der Waals surface area (Å²) < 4.78 is 1.26. The van der Waals surface area contributed by atoms with Gasteiger partial charge in [-0.05, 0) is 37.5 Å². The van der Waals surface area contributed by atoms with Gasteiger partial charge in [-0.25, -0.2) is 4.68 Å². The zero-order valence-electron chi connectivity index (χ0n) is 9.82. The molecule has 0 aliphatic heterocycles. The normalized spacial score (nSPS) is 19.7. The van der Waals surface area contributed by atoms with E-state index in [4.69, 9.17) is 11.6 Å². The Morgan fingerprint density at radius 2 is 2.00 bits per heavy atom. The zero-order valence-corrected chi connectivity index (χ0v) is 10.6. The van der Waals surface area contributed by atoms with E-state index in [0.717, 1.165) is 11.8 Å². The third kappa shape index (κ3) is 2.18. The summed E-state index contributed by atoms with van der Waals surface area (Å²) in [5, 5.41) is 7.70. The molecule has 1 aromatic rings. The Bertz CT molecular complexity index is 479. The van der Waals surface area contributed by atoms with Crippen molar-refractivity contribution >= 4 is 17.3 Å². The Balaban J connectivity index is 1.84. The van der Waals surface area contributed by atoms with E-state index in [-0.39, 0.29) is 10.6 Å². The molecule has 3 rings (SSSR count). The Labute approximate surface area is 105 Å². The maximum Gasteiger partial charge on any atom is 0.287 e. The second-order valence-electron chi connectivity index (χ2n) is 5.15. The van der Waals surface area contributed by atoms with Crippen LogP contribution in [-0.2, 0) is 7.05 Å². The van der Waals surface area contributed by atoms with E-state index in [0.29, 0.717) is 11.7 Å². The number of nitrogens with zero attached hydrogens (tertiary/aromatic N) is 2. The molecular weight excluding hydrogens is 238 g/mol. The third-order valence-electron chi connectivity index (χ3n) is 3.66. The minimum Gasteiger partial charge on any atom is -0.379 e. The van der Waals surface area contributed by atoms with Gasteiger partial charge in [0.2, 0.25) is 0 Å². The van der Waals surface area contributed by atoms with Gasteiger partial charge in [0.1, 0.15) is 5.02 Å². The molecule has 4 nitrogen and oxygen atoms in total. The van der Waals surface area contributed by atoms with Crippen molar-refractivity contribution in [1.82, 2.24) is 9.78 Å². The highest BCUT2D eigenvalue weighted by atomic mass is 35.5. The second-order valence-corrected chi connectivity index (χ2v) is 5.52. The Morgan fingerprint density at radius 3 is 2.53 bits per heavy atom. The molecular formula is C12H16ClN3O. The van der Waals surface area contributed by atoms with Crippen LogP contribution >= 0.6 is 11.6 Å². The van der Waals surface area contributed by atoms with Gasteiger partial charge in [0.05, 0.1) is 11.9 Å². The van der Waals surface area contributed by atoms with Crippen molar-refractivity contribution in [2.75, 3.05) is 5.32 Å². The minimum absolute atomic E-state index is 0.234. The molecule has 0 unspecified atom stereocenters. The summed E-state index contributed by atoms with van der Waals surface area (Å²) in [6.07, 6.45) is 6.84. The molecule has 0 spiro atoms. The Kier molecular flexibility index (Phi) is 2.62. The van der Waals surface area contributed by atoms with Crippen molar-refractivity contribution in [1.29, 1.82) is 0 Å². The smallest absolute Gasteiger partial charge is 0.287 e. The summed E-state index contributed by atoms with van der Waals surface area (Å²) in [6.45, 7) is 0. The topological polar surface area (TPSA) is 46.9 Å². The van der Waals surface area contributed by atoms with Gasteiger partial charge in [-0.15, -0.1) is 0 Å². The lowest BCUT2D eigenvalue weighted by molar-refractivity contribution is 0.566. The van der Waals surface area contributed by atoms with E-state index in [9.17, 15) is 4.79 Å². The highest BCUT2D eigenvalue weighted by molar-refractivity contribution is 6.32. The summed E-state index contributed by atoms with van der Waals surface area (Å²) in [5.41, 5.74) is 0.459. The Hall–Kier alpha value is -1.03. The summed E-state index contributed by atoms with van der Waals surface area (Å²) in [6, 6.07) is 0.487. The van der Waals surface area contributed by atoms with Crippen molar-refractivity contribution in [2.45, 2.75) is 31.7 Å². The fourth-order valence-electron chi connectivity index (χ4n) is 2.32. The van der Waals surface area contributed by atoms with E-state index in [1.807, 2.05) is 0 Å². The molecule has 2 aliphatic rings. The molecule has 92 valence electrons. The molecule has 2 fully saturated rings. The summed E-state index contributed by atoms with van der Waals surface area (Å²) >= 11 is 6.06. The van der Waals surface area contributed by atoms with Crippen LogP contribution in [0.2, 0.25) is 5.02 Å². The predicted octanol–water partition coefficient (Wildman–Crippen LogP) is 2.03. The number of hydrogen-bond donors (Lipinski definition) is 1. The SMILES string of the molecule is Cn1ncc(NC(C2CC2)C2CC2)c(Cl)c1=O. The number of halogens is 1. The lowest BCUT2D eigenvalue weighted by Gasteiger charge is -2.19. The number of rotatable bonds is 4. The van der Waals surface area contributed by atoms with Crippen molar-refractivity contribution in [3.05, 3.63) is 21.6 Å². The van der Waals surface area contributed by atoms with E-state index in [1.165, 1.54) is 30.4 Å². The van der Waals surface area contributed by atoms with Gasteiger partial charge in [0.15, 0.2) is 0 Å². The lowest BCUT2D eigenvalue weighted by atomic mass is 10.1. The molecule has 17 heavy (non-hydrogen) atoms. The monoisotopic (exact) mass is 253 g/mol. The number of anilines is 1. The molecule has 0 atom stereocenters.